The van der Waals surface area contributed by atoms with Gasteiger partial charge in [-0.1, -0.05) is 0 Å². The van der Waals surface area contributed by atoms with Crippen molar-refractivity contribution >= 4 is 5.91 Å². The number of rotatable bonds is 3. The third kappa shape index (κ3) is 2.90. The molecule has 100 valence electrons. The van der Waals surface area contributed by atoms with Gasteiger partial charge in [0.25, 0.3) is 5.91 Å². The Hall–Kier alpha value is -1.36. The van der Waals surface area contributed by atoms with Crippen LogP contribution >= 0.6 is 0 Å². The fourth-order valence-corrected chi connectivity index (χ4v) is 2.38. The Morgan fingerprint density at radius 3 is 3.00 bits per heavy atom. The van der Waals surface area contributed by atoms with Gasteiger partial charge >= 0.3 is 0 Å². The van der Waals surface area contributed by atoms with E-state index in [1.165, 1.54) is 12.8 Å². The van der Waals surface area contributed by atoms with Gasteiger partial charge < -0.3 is 10.6 Å². The van der Waals surface area contributed by atoms with E-state index in [2.05, 4.69) is 22.7 Å². The monoisotopic (exact) mass is 250 g/mol. The number of nitrogens with zero attached hydrogens (tertiary/aromatic N) is 2. The van der Waals surface area contributed by atoms with Crippen LogP contribution in [0, 0.1) is 12.8 Å². The number of aromatic nitrogens is 2. The summed E-state index contributed by atoms with van der Waals surface area (Å²) in [6.45, 7) is 6.10. The highest BCUT2D eigenvalue weighted by atomic mass is 16.2. The zero-order valence-electron chi connectivity index (χ0n) is 11.4. The number of carbonyl (C=O) groups excluding carboxylic acids is 1. The molecule has 2 rings (SSSR count). The fourth-order valence-electron chi connectivity index (χ4n) is 2.38. The van der Waals surface area contributed by atoms with Crippen molar-refractivity contribution < 1.29 is 4.79 Å². The van der Waals surface area contributed by atoms with Gasteiger partial charge in [-0.15, -0.1) is 0 Å². The van der Waals surface area contributed by atoms with E-state index in [1.54, 1.807) is 4.68 Å². The Morgan fingerprint density at radius 1 is 1.67 bits per heavy atom. The van der Waals surface area contributed by atoms with Crippen LogP contribution in [0.1, 0.15) is 35.9 Å². The molecule has 0 aromatic carbocycles. The number of hydrogen-bond acceptors (Lipinski definition) is 3. The van der Waals surface area contributed by atoms with E-state index < -0.39 is 0 Å². The van der Waals surface area contributed by atoms with E-state index in [1.807, 2.05) is 20.0 Å². The Bertz CT molecular complexity index is 401. The van der Waals surface area contributed by atoms with Gasteiger partial charge in [-0.2, -0.15) is 5.10 Å². The van der Waals surface area contributed by atoms with Crippen LogP contribution in [0.2, 0.25) is 0 Å². The molecule has 1 saturated heterocycles. The molecule has 0 spiro atoms. The van der Waals surface area contributed by atoms with Gasteiger partial charge in [-0.25, -0.2) is 0 Å². The second-order valence-electron chi connectivity index (χ2n) is 5.16. The van der Waals surface area contributed by atoms with Gasteiger partial charge in [0.05, 0.1) is 0 Å². The molecule has 1 aliphatic rings. The number of carbonyl (C=O) groups is 1. The number of amides is 1. The number of aryl methyl sites for hydroxylation is 2. The summed E-state index contributed by atoms with van der Waals surface area (Å²) in [6.07, 6.45) is 2.36. The number of nitrogens with one attached hydrogen (secondary N) is 2. The first-order valence-electron chi connectivity index (χ1n) is 6.60. The average molecular weight is 250 g/mol. The Labute approximate surface area is 108 Å². The predicted molar refractivity (Wildman–Crippen MR) is 70.5 cm³/mol. The summed E-state index contributed by atoms with van der Waals surface area (Å²) >= 11 is 0. The van der Waals surface area contributed by atoms with E-state index in [9.17, 15) is 4.79 Å². The Morgan fingerprint density at radius 2 is 2.44 bits per heavy atom. The zero-order valence-corrected chi connectivity index (χ0v) is 11.4. The second kappa shape index (κ2) is 5.52. The Balaban J connectivity index is 1.93. The van der Waals surface area contributed by atoms with Gasteiger partial charge in [0.1, 0.15) is 5.69 Å². The summed E-state index contributed by atoms with van der Waals surface area (Å²) < 4.78 is 1.72. The average Bonchev–Trinajstić information content (AvgIpc) is 2.71. The minimum Gasteiger partial charge on any atom is -0.348 e. The molecule has 1 aliphatic heterocycles. The smallest absolute Gasteiger partial charge is 0.272 e. The molecule has 2 unspecified atom stereocenters. The third-order valence-corrected chi connectivity index (χ3v) is 3.75. The van der Waals surface area contributed by atoms with Crippen molar-refractivity contribution in [2.45, 2.75) is 32.7 Å². The lowest BCUT2D eigenvalue weighted by Gasteiger charge is -2.28. The number of piperidine rings is 1. The minimum atomic E-state index is -0.0724. The standard InChI is InChI=1S/C13H22N4O/c1-9-7-12(16-17(9)3)13(18)15-10(2)11-5-4-6-14-8-11/h7,10-11,14H,4-6,8H2,1-3H3,(H,15,18). The van der Waals surface area contributed by atoms with Crippen molar-refractivity contribution in [2.24, 2.45) is 13.0 Å². The van der Waals surface area contributed by atoms with E-state index in [0.717, 1.165) is 18.8 Å². The lowest BCUT2D eigenvalue weighted by molar-refractivity contribution is 0.0916. The van der Waals surface area contributed by atoms with Crippen molar-refractivity contribution in [3.8, 4) is 0 Å². The highest BCUT2D eigenvalue weighted by Crippen LogP contribution is 2.14. The highest BCUT2D eigenvalue weighted by Gasteiger charge is 2.22. The van der Waals surface area contributed by atoms with Crippen molar-refractivity contribution in [3.63, 3.8) is 0 Å². The normalized spacial score (nSPS) is 21.6. The molecule has 1 amide bonds. The molecular weight excluding hydrogens is 228 g/mol. The maximum atomic E-state index is 12.1. The van der Waals surface area contributed by atoms with Crippen LogP contribution in [0.3, 0.4) is 0 Å². The van der Waals surface area contributed by atoms with Gasteiger partial charge in [-0.05, 0) is 51.8 Å². The maximum absolute atomic E-state index is 12.1. The molecule has 5 heteroatoms. The quantitative estimate of drug-likeness (QED) is 0.836. The minimum absolute atomic E-state index is 0.0724. The summed E-state index contributed by atoms with van der Waals surface area (Å²) in [5, 5.41) is 10.6. The molecule has 0 bridgehead atoms. The second-order valence-corrected chi connectivity index (χ2v) is 5.16. The summed E-state index contributed by atoms with van der Waals surface area (Å²) in [7, 11) is 1.85. The molecule has 0 radical (unpaired) electrons. The van der Waals surface area contributed by atoms with Crippen LogP contribution in [0.25, 0.3) is 0 Å². The van der Waals surface area contributed by atoms with E-state index in [0.29, 0.717) is 11.6 Å². The molecule has 1 aromatic heterocycles. The third-order valence-electron chi connectivity index (χ3n) is 3.75. The summed E-state index contributed by atoms with van der Waals surface area (Å²) in [5.74, 6) is 0.448. The van der Waals surface area contributed by atoms with E-state index in [4.69, 9.17) is 0 Å². The molecular formula is C13H22N4O. The van der Waals surface area contributed by atoms with Crippen molar-refractivity contribution in [2.75, 3.05) is 13.1 Å². The van der Waals surface area contributed by atoms with Gasteiger partial charge in [0.15, 0.2) is 0 Å². The van der Waals surface area contributed by atoms with Gasteiger partial charge in [0.2, 0.25) is 0 Å². The topological polar surface area (TPSA) is 59.0 Å². The highest BCUT2D eigenvalue weighted by molar-refractivity contribution is 5.92. The van der Waals surface area contributed by atoms with Crippen LogP contribution in [0.15, 0.2) is 6.07 Å². The SMILES string of the molecule is Cc1cc(C(=O)NC(C)C2CCCNC2)nn1C. The van der Waals surface area contributed by atoms with E-state index >= 15 is 0 Å². The molecule has 1 fully saturated rings. The lowest BCUT2D eigenvalue weighted by Crippen LogP contribution is -2.44. The van der Waals surface area contributed by atoms with Crippen LogP contribution in [-0.2, 0) is 7.05 Å². The maximum Gasteiger partial charge on any atom is 0.272 e. The first-order chi connectivity index (χ1) is 8.58. The summed E-state index contributed by atoms with van der Waals surface area (Å²) in [4.78, 5) is 12.1. The molecule has 1 aromatic rings. The van der Waals surface area contributed by atoms with Crippen molar-refractivity contribution in [1.29, 1.82) is 0 Å². The molecule has 18 heavy (non-hydrogen) atoms. The molecule has 2 heterocycles. The fraction of sp³-hybridized carbons (Fsp3) is 0.692. The molecule has 0 aliphatic carbocycles. The van der Waals surface area contributed by atoms with Crippen LogP contribution in [0.5, 0.6) is 0 Å². The van der Waals surface area contributed by atoms with E-state index in [-0.39, 0.29) is 11.9 Å². The first kappa shape index (κ1) is 13.1. The summed E-state index contributed by atoms with van der Waals surface area (Å²) in [6, 6.07) is 2.01. The summed E-state index contributed by atoms with van der Waals surface area (Å²) in [5.41, 5.74) is 1.50. The first-order valence-corrected chi connectivity index (χ1v) is 6.60. The Kier molecular flexibility index (Phi) is 4.01. The molecule has 2 atom stereocenters. The largest absolute Gasteiger partial charge is 0.348 e. The number of hydrogen-bond donors (Lipinski definition) is 2. The molecule has 2 N–H and O–H groups in total. The van der Waals surface area contributed by atoms with Crippen LogP contribution in [-0.4, -0.2) is 34.8 Å². The lowest BCUT2D eigenvalue weighted by atomic mass is 9.93. The molecule has 0 saturated carbocycles. The zero-order chi connectivity index (χ0) is 13.1. The van der Waals surface area contributed by atoms with Crippen molar-refractivity contribution in [3.05, 3.63) is 17.5 Å². The van der Waals surface area contributed by atoms with Gasteiger partial charge in [0, 0.05) is 18.8 Å². The predicted octanol–water partition coefficient (Wildman–Crippen LogP) is 0.846. The van der Waals surface area contributed by atoms with Crippen LogP contribution < -0.4 is 10.6 Å². The van der Waals surface area contributed by atoms with Gasteiger partial charge in [-0.3, -0.25) is 9.48 Å². The van der Waals surface area contributed by atoms with Crippen LogP contribution in [0.4, 0.5) is 0 Å². The molecule has 5 nitrogen and oxygen atoms in total. The van der Waals surface area contributed by atoms with Crippen molar-refractivity contribution in [1.82, 2.24) is 20.4 Å².